The van der Waals surface area contributed by atoms with Gasteiger partial charge in [-0.3, -0.25) is 9.78 Å². The van der Waals surface area contributed by atoms with Crippen molar-refractivity contribution in [2.75, 3.05) is 6.54 Å². The van der Waals surface area contributed by atoms with Crippen molar-refractivity contribution in [1.82, 2.24) is 9.88 Å². The van der Waals surface area contributed by atoms with Gasteiger partial charge >= 0.3 is 5.97 Å². The third-order valence-corrected chi connectivity index (χ3v) is 4.13. The van der Waals surface area contributed by atoms with Crippen molar-refractivity contribution in [2.45, 2.75) is 25.5 Å². The van der Waals surface area contributed by atoms with E-state index in [1.54, 1.807) is 23.4 Å². The summed E-state index contributed by atoms with van der Waals surface area (Å²) in [6.45, 7) is 0.797. The standard InChI is InChI=1S/C20H20N2O3/c23-19(11-10-16-8-4-12-21-14-16)22-13-5-9-18(22)20(24)25-15-17-6-2-1-3-7-17/h1-4,6-8,10-12,14,18H,5,9,13,15H2/b11-10+. The Labute approximate surface area is 146 Å². The van der Waals surface area contributed by atoms with Gasteiger partial charge in [-0.1, -0.05) is 36.4 Å². The Morgan fingerprint density at radius 2 is 2.04 bits per heavy atom. The van der Waals surface area contributed by atoms with Crippen molar-refractivity contribution in [1.29, 1.82) is 0 Å². The molecule has 2 aromatic rings. The first kappa shape index (κ1) is 16.9. The summed E-state index contributed by atoms with van der Waals surface area (Å²) in [6.07, 6.45) is 8.00. The molecule has 3 rings (SSSR count). The lowest BCUT2D eigenvalue weighted by molar-refractivity contribution is -0.153. The van der Waals surface area contributed by atoms with E-state index < -0.39 is 6.04 Å². The van der Waals surface area contributed by atoms with Gasteiger partial charge in [-0.2, -0.15) is 0 Å². The van der Waals surface area contributed by atoms with E-state index in [0.29, 0.717) is 13.0 Å². The first-order valence-corrected chi connectivity index (χ1v) is 8.33. The van der Waals surface area contributed by atoms with Crippen molar-refractivity contribution < 1.29 is 14.3 Å². The first-order valence-electron chi connectivity index (χ1n) is 8.33. The van der Waals surface area contributed by atoms with Crippen LogP contribution in [0.5, 0.6) is 0 Å². The van der Waals surface area contributed by atoms with Gasteiger partial charge in [-0.15, -0.1) is 0 Å². The number of likely N-dealkylation sites (tertiary alicyclic amines) is 1. The topological polar surface area (TPSA) is 59.5 Å². The summed E-state index contributed by atoms with van der Waals surface area (Å²) in [5.74, 6) is -0.521. The largest absolute Gasteiger partial charge is 0.459 e. The summed E-state index contributed by atoms with van der Waals surface area (Å²) in [7, 11) is 0. The SMILES string of the molecule is O=C(OCc1ccccc1)C1CCCN1C(=O)/C=C/c1cccnc1. The molecule has 1 atom stereocenters. The fourth-order valence-electron chi connectivity index (χ4n) is 2.84. The average Bonchev–Trinajstić information content (AvgIpc) is 3.16. The van der Waals surface area contributed by atoms with Crippen molar-refractivity contribution in [2.24, 2.45) is 0 Å². The van der Waals surface area contributed by atoms with Crippen molar-refractivity contribution in [3.63, 3.8) is 0 Å². The average molecular weight is 336 g/mol. The molecule has 128 valence electrons. The minimum absolute atomic E-state index is 0.178. The summed E-state index contributed by atoms with van der Waals surface area (Å²) in [6, 6.07) is 12.7. The van der Waals surface area contributed by atoms with Crippen LogP contribution in [-0.4, -0.2) is 34.3 Å². The fourth-order valence-corrected chi connectivity index (χ4v) is 2.84. The van der Waals surface area contributed by atoms with Crippen molar-refractivity contribution >= 4 is 18.0 Å². The zero-order valence-electron chi connectivity index (χ0n) is 13.9. The molecular weight excluding hydrogens is 316 g/mol. The van der Waals surface area contributed by atoms with Crippen LogP contribution in [0.2, 0.25) is 0 Å². The highest BCUT2D eigenvalue weighted by molar-refractivity contribution is 5.95. The number of rotatable bonds is 5. The maximum Gasteiger partial charge on any atom is 0.329 e. The molecule has 1 unspecified atom stereocenters. The van der Waals surface area contributed by atoms with E-state index in [0.717, 1.165) is 17.5 Å². The lowest BCUT2D eigenvalue weighted by atomic mass is 10.2. The summed E-state index contributed by atoms with van der Waals surface area (Å²) >= 11 is 0. The van der Waals surface area contributed by atoms with Gasteiger partial charge in [0.15, 0.2) is 0 Å². The molecule has 1 amide bonds. The van der Waals surface area contributed by atoms with E-state index >= 15 is 0 Å². The second kappa shape index (κ2) is 8.24. The highest BCUT2D eigenvalue weighted by Gasteiger charge is 2.34. The molecule has 0 radical (unpaired) electrons. The zero-order valence-corrected chi connectivity index (χ0v) is 13.9. The Morgan fingerprint density at radius 3 is 2.80 bits per heavy atom. The molecule has 5 nitrogen and oxygen atoms in total. The zero-order chi connectivity index (χ0) is 17.5. The third kappa shape index (κ3) is 4.53. The van der Waals surface area contributed by atoms with Crippen LogP contribution < -0.4 is 0 Å². The first-order chi connectivity index (χ1) is 12.2. The smallest absolute Gasteiger partial charge is 0.329 e. The number of pyridine rings is 1. The molecule has 1 fully saturated rings. The van der Waals surface area contributed by atoms with Crippen LogP contribution in [0.3, 0.4) is 0 Å². The van der Waals surface area contributed by atoms with Gasteiger partial charge in [-0.25, -0.2) is 4.79 Å². The number of esters is 1. The molecule has 25 heavy (non-hydrogen) atoms. The highest BCUT2D eigenvalue weighted by Crippen LogP contribution is 2.20. The summed E-state index contributed by atoms with van der Waals surface area (Å²) < 4.78 is 5.39. The molecule has 0 aliphatic carbocycles. The Balaban J connectivity index is 1.58. The summed E-state index contributed by atoms with van der Waals surface area (Å²) in [5, 5.41) is 0. The molecule has 1 aromatic carbocycles. The van der Waals surface area contributed by atoms with Gasteiger partial charge in [0.05, 0.1) is 0 Å². The predicted octanol–water partition coefficient (Wildman–Crippen LogP) is 2.83. The minimum Gasteiger partial charge on any atom is -0.459 e. The van der Waals surface area contributed by atoms with Crippen molar-refractivity contribution in [3.05, 3.63) is 72.1 Å². The molecule has 1 saturated heterocycles. The Kier molecular flexibility index (Phi) is 5.57. The minimum atomic E-state index is -0.505. The molecule has 5 heteroatoms. The number of hydrogen-bond donors (Lipinski definition) is 0. The maximum atomic E-state index is 12.4. The number of amides is 1. The van der Waals surface area contributed by atoms with Crippen LogP contribution in [0.4, 0.5) is 0 Å². The Bertz CT molecular complexity index is 744. The van der Waals surface area contributed by atoms with Crippen LogP contribution in [0.25, 0.3) is 6.08 Å². The molecule has 1 aliphatic heterocycles. The molecular formula is C20H20N2O3. The van der Waals surface area contributed by atoms with E-state index in [9.17, 15) is 9.59 Å². The van der Waals surface area contributed by atoms with Crippen LogP contribution in [0.1, 0.15) is 24.0 Å². The number of nitrogens with zero attached hydrogens (tertiary/aromatic N) is 2. The number of ether oxygens (including phenoxy) is 1. The van der Waals surface area contributed by atoms with E-state index in [4.69, 9.17) is 4.74 Å². The fraction of sp³-hybridized carbons (Fsp3) is 0.250. The van der Waals surface area contributed by atoms with E-state index in [-0.39, 0.29) is 18.5 Å². The van der Waals surface area contributed by atoms with Gasteiger partial charge < -0.3 is 9.64 Å². The molecule has 2 heterocycles. The van der Waals surface area contributed by atoms with Gasteiger partial charge in [0.2, 0.25) is 5.91 Å². The van der Waals surface area contributed by atoms with E-state index in [1.807, 2.05) is 42.5 Å². The summed E-state index contributed by atoms with van der Waals surface area (Å²) in [5.41, 5.74) is 1.78. The van der Waals surface area contributed by atoms with E-state index in [2.05, 4.69) is 4.98 Å². The molecule has 0 spiro atoms. The number of carbonyl (C=O) groups is 2. The van der Waals surface area contributed by atoms with Gasteiger partial charge in [0.1, 0.15) is 12.6 Å². The van der Waals surface area contributed by atoms with E-state index in [1.165, 1.54) is 6.08 Å². The second-order valence-electron chi connectivity index (χ2n) is 5.90. The molecule has 1 aromatic heterocycles. The van der Waals surface area contributed by atoms with Gasteiger partial charge in [-0.05, 0) is 36.1 Å². The highest BCUT2D eigenvalue weighted by atomic mass is 16.5. The number of hydrogen-bond acceptors (Lipinski definition) is 4. The Morgan fingerprint density at radius 1 is 1.20 bits per heavy atom. The number of aromatic nitrogens is 1. The quantitative estimate of drug-likeness (QED) is 0.622. The van der Waals surface area contributed by atoms with Crippen LogP contribution in [-0.2, 0) is 20.9 Å². The third-order valence-electron chi connectivity index (χ3n) is 4.13. The summed E-state index contributed by atoms with van der Waals surface area (Å²) in [4.78, 5) is 30.4. The molecule has 0 bridgehead atoms. The number of carbonyl (C=O) groups excluding carboxylic acids is 2. The number of benzene rings is 1. The lowest BCUT2D eigenvalue weighted by Gasteiger charge is -2.22. The predicted molar refractivity (Wildman–Crippen MR) is 94.2 cm³/mol. The lowest BCUT2D eigenvalue weighted by Crippen LogP contribution is -2.40. The van der Waals surface area contributed by atoms with Gasteiger partial charge in [0.25, 0.3) is 0 Å². The van der Waals surface area contributed by atoms with Crippen LogP contribution in [0, 0.1) is 0 Å². The maximum absolute atomic E-state index is 12.4. The normalized spacial score (nSPS) is 17.0. The molecule has 0 saturated carbocycles. The molecule has 0 N–H and O–H groups in total. The van der Waals surface area contributed by atoms with Crippen LogP contribution in [0.15, 0.2) is 60.9 Å². The second-order valence-corrected chi connectivity index (χ2v) is 5.90. The van der Waals surface area contributed by atoms with Gasteiger partial charge in [0, 0.05) is 25.0 Å². The van der Waals surface area contributed by atoms with Crippen molar-refractivity contribution in [3.8, 4) is 0 Å². The van der Waals surface area contributed by atoms with Crippen LogP contribution >= 0.6 is 0 Å². The Hall–Kier alpha value is -2.95. The monoisotopic (exact) mass is 336 g/mol. The molecule has 1 aliphatic rings.